The number of tetrazole rings is 1. The van der Waals surface area contributed by atoms with Crippen molar-refractivity contribution < 1.29 is 9.53 Å². The van der Waals surface area contributed by atoms with Crippen LogP contribution in [0, 0.1) is 6.92 Å². The summed E-state index contributed by atoms with van der Waals surface area (Å²) in [6.45, 7) is 2.02. The Hall–Kier alpha value is -4.79. The van der Waals surface area contributed by atoms with Crippen molar-refractivity contribution in [1.82, 2.24) is 30.0 Å². The number of nitrogens with one attached hydrogen (secondary N) is 1. The third kappa shape index (κ3) is 4.26. The fraction of sp³-hybridized carbons (Fsp3) is 0.0800. The monoisotopic (exact) mass is 451 g/mol. The second kappa shape index (κ2) is 8.99. The lowest BCUT2D eigenvalue weighted by molar-refractivity contribution is 0.102. The maximum Gasteiger partial charge on any atom is 0.259 e. The number of hydrogen-bond acceptors (Lipinski definition) is 6. The van der Waals surface area contributed by atoms with Gasteiger partial charge in [0.05, 0.1) is 24.0 Å². The lowest BCUT2D eigenvalue weighted by Crippen LogP contribution is -2.12. The summed E-state index contributed by atoms with van der Waals surface area (Å²) in [6, 6.07) is 22.7. The molecule has 34 heavy (non-hydrogen) atoms. The molecule has 0 saturated heterocycles. The first-order valence-corrected chi connectivity index (χ1v) is 10.6. The Kier molecular flexibility index (Phi) is 5.57. The molecule has 0 spiro atoms. The molecule has 1 N–H and O–H groups in total. The molecule has 0 atom stereocenters. The number of carbonyl (C=O) groups excluding carboxylic acids is 1. The van der Waals surface area contributed by atoms with Gasteiger partial charge in [-0.05, 0) is 59.8 Å². The Balaban J connectivity index is 1.53. The predicted octanol–water partition coefficient (Wildman–Crippen LogP) is 4.08. The van der Waals surface area contributed by atoms with Crippen LogP contribution >= 0.6 is 0 Å². The Morgan fingerprint density at radius 3 is 2.53 bits per heavy atom. The highest BCUT2D eigenvalue weighted by Gasteiger charge is 2.19. The molecule has 3 aromatic carbocycles. The van der Waals surface area contributed by atoms with Crippen LogP contribution < -0.4 is 10.1 Å². The standard InChI is InChI=1S/C25H21N7O2/c1-17-9-11-20(12-10-17)31-15-23(24(28-31)18-5-3-8-22(13-18)34-2)25(33)27-19-6-4-7-21(14-19)32-16-26-29-30-32/h3-16H,1-2H3,(H,27,33). The number of nitrogens with zero attached hydrogens (tertiary/aromatic N) is 6. The highest BCUT2D eigenvalue weighted by molar-refractivity contribution is 6.08. The number of carbonyl (C=O) groups is 1. The van der Waals surface area contributed by atoms with Crippen molar-refractivity contribution in [2.45, 2.75) is 6.92 Å². The summed E-state index contributed by atoms with van der Waals surface area (Å²) in [5, 5.41) is 18.9. The second-order valence-electron chi connectivity index (χ2n) is 7.66. The largest absolute Gasteiger partial charge is 0.497 e. The van der Waals surface area contributed by atoms with Crippen molar-refractivity contribution >= 4 is 11.6 Å². The van der Waals surface area contributed by atoms with E-state index in [0.717, 1.165) is 22.5 Å². The van der Waals surface area contributed by atoms with Crippen molar-refractivity contribution in [2.75, 3.05) is 12.4 Å². The molecule has 2 heterocycles. The first-order chi connectivity index (χ1) is 16.6. The zero-order chi connectivity index (χ0) is 23.5. The smallest absolute Gasteiger partial charge is 0.259 e. The predicted molar refractivity (Wildman–Crippen MR) is 127 cm³/mol. The second-order valence-corrected chi connectivity index (χ2v) is 7.66. The summed E-state index contributed by atoms with van der Waals surface area (Å²) in [5.74, 6) is 0.396. The zero-order valence-electron chi connectivity index (χ0n) is 18.6. The van der Waals surface area contributed by atoms with Gasteiger partial charge in [-0.2, -0.15) is 5.10 Å². The maximum absolute atomic E-state index is 13.4. The number of benzene rings is 3. The third-order valence-corrected chi connectivity index (χ3v) is 5.32. The van der Waals surface area contributed by atoms with E-state index in [1.54, 1.807) is 30.1 Å². The van der Waals surface area contributed by atoms with Gasteiger partial charge in [0.15, 0.2) is 0 Å². The van der Waals surface area contributed by atoms with E-state index in [-0.39, 0.29) is 5.91 Å². The van der Waals surface area contributed by atoms with Crippen LogP contribution in [0.1, 0.15) is 15.9 Å². The van der Waals surface area contributed by atoms with Crippen molar-refractivity contribution in [3.63, 3.8) is 0 Å². The highest BCUT2D eigenvalue weighted by Crippen LogP contribution is 2.28. The first kappa shape index (κ1) is 21.1. The Morgan fingerprint density at radius 2 is 1.76 bits per heavy atom. The summed E-state index contributed by atoms with van der Waals surface area (Å²) in [7, 11) is 1.61. The first-order valence-electron chi connectivity index (χ1n) is 10.6. The number of rotatable bonds is 6. The van der Waals surface area contributed by atoms with E-state index in [1.807, 2.05) is 67.6 Å². The number of aryl methyl sites for hydroxylation is 1. The van der Waals surface area contributed by atoms with Gasteiger partial charge in [0.1, 0.15) is 17.8 Å². The molecule has 5 rings (SSSR count). The Morgan fingerprint density at radius 1 is 0.941 bits per heavy atom. The van der Waals surface area contributed by atoms with Gasteiger partial charge in [-0.1, -0.05) is 35.9 Å². The van der Waals surface area contributed by atoms with Crippen molar-refractivity contribution in [3.05, 3.63) is 96.4 Å². The SMILES string of the molecule is COc1cccc(-c2nn(-c3ccc(C)cc3)cc2C(=O)Nc2cccc(-n3cnnn3)c2)c1. The van der Waals surface area contributed by atoms with Crippen LogP contribution in [0.15, 0.2) is 85.3 Å². The number of anilines is 1. The normalized spacial score (nSPS) is 10.8. The van der Waals surface area contributed by atoms with Crippen molar-refractivity contribution in [1.29, 1.82) is 0 Å². The maximum atomic E-state index is 13.4. The van der Waals surface area contributed by atoms with E-state index in [1.165, 1.54) is 11.0 Å². The van der Waals surface area contributed by atoms with Crippen LogP contribution in [-0.2, 0) is 0 Å². The van der Waals surface area contributed by atoms with E-state index >= 15 is 0 Å². The molecular formula is C25H21N7O2. The fourth-order valence-electron chi connectivity index (χ4n) is 3.56. The third-order valence-electron chi connectivity index (χ3n) is 5.32. The number of methoxy groups -OCH3 is 1. The molecule has 2 aromatic heterocycles. The lowest BCUT2D eigenvalue weighted by atomic mass is 10.1. The van der Waals surface area contributed by atoms with Gasteiger partial charge >= 0.3 is 0 Å². The summed E-state index contributed by atoms with van der Waals surface area (Å²) < 4.78 is 8.60. The van der Waals surface area contributed by atoms with E-state index < -0.39 is 0 Å². The summed E-state index contributed by atoms with van der Waals surface area (Å²) >= 11 is 0. The number of amides is 1. The quantitative estimate of drug-likeness (QED) is 0.418. The molecule has 1 amide bonds. The van der Waals surface area contributed by atoms with Crippen LogP contribution in [-0.4, -0.2) is 43.0 Å². The molecule has 0 bridgehead atoms. The molecule has 0 aliphatic rings. The summed E-state index contributed by atoms with van der Waals surface area (Å²) in [5.41, 5.74) is 5.09. The average Bonchev–Trinajstić information content (AvgIpc) is 3.56. The van der Waals surface area contributed by atoms with Gasteiger partial charge in [0, 0.05) is 17.4 Å². The van der Waals surface area contributed by atoms with E-state index in [4.69, 9.17) is 9.84 Å². The van der Waals surface area contributed by atoms with Gasteiger partial charge in [-0.3, -0.25) is 4.79 Å². The number of aromatic nitrogens is 6. The van der Waals surface area contributed by atoms with Gasteiger partial charge in [-0.15, -0.1) is 5.10 Å². The van der Waals surface area contributed by atoms with Crippen LogP contribution in [0.3, 0.4) is 0 Å². The molecule has 9 nitrogen and oxygen atoms in total. The van der Waals surface area contributed by atoms with Crippen molar-refractivity contribution in [2.24, 2.45) is 0 Å². The summed E-state index contributed by atoms with van der Waals surface area (Å²) in [4.78, 5) is 13.4. The molecule has 0 saturated carbocycles. The molecule has 0 fully saturated rings. The Labute approximate surface area is 195 Å². The fourth-order valence-corrected chi connectivity index (χ4v) is 3.56. The molecule has 0 aliphatic carbocycles. The van der Waals surface area contributed by atoms with E-state index in [0.29, 0.717) is 22.7 Å². The van der Waals surface area contributed by atoms with Crippen LogP contribution in [0.5, 0.6) is 5.75 Å². The molecule has 9 heteroatoms. The van der Waals surface area contributed by atoms with E-state index in [9.17, 15) is 4.79 Å². The average molecular weight is 451 g/mol. The minimum atomic E-state index is -0.287. The molecule has 0 radical (unpaired) electrons. The van der Waals surface area contributed by atoms with E-state index in [2.05, 4.69) is 20.8 Å². The van der Waals surface area contributed by atoms with Crippen molar-refractivity contribution in [3.8, 4) is 28.4 Å². The summed E-state index contributed by atoms with van der Waals surface area (Å²) in [6.07, 6.45) is 3.23. The van der Waals surface area contributed by atoms with Crippen LogP contribution in [0.2, 0.25) is 0 Å². The van der Waals surface area contributed by atoms with Crippen LogP contribution in [0.25, 0.3) is 22.6 Å². The number of hydrogen-bond donors (Lipinski definition) is 1. The molecular weight excluding hydrogens is 430 g/mol. The topological polar surface area (TPSA) is 99.8 Å². The molecule has 0 unspecified atom stereocenters. The minimum absolute atomic E-state index is 0.287. The molecule has 168 valence electrons. The van der Waals surface area contributed by atoms with Gasteiger partial charge < -0.3 is 10.1 Å². The molecule has 0 aliphatic heterocycles. The zero-order valence-corrected chi connectivity index (χ0v) is 18.6. The van der Waals surface area contributed by atoms with Gasteiger partial charge in [0.25, 0.3) is 5.91 Å². The Bertz CT molecular complexity index is 1440. The van der Waals surface area contributed by atoms with Gasteiger partial charge in [0.2, 0.25) is 0 Å². The number of ether oxygens (including phenoxy) is 1. The molecule has 5 aromatic rings. The minimum Gasteiger partial charge on any atom is -0.497 e. The highest BCUT2D eigenvalue weighted by atomic mass is 16.5. The van der Waals surface area contributed by atoms with Gasteiger partial charge in [-0.25, -0.2) is 9.36 Å². The van der Waals surface area contributed by atoms with Crippen LogP contribution in [0.4, 0.5) is 5.69 Å². The lowest BCUT2D eigenvalue weighted by Gasteiger charge is -2.08.